The molecule has 1 aromatic heterocycles. The molecule has 0 atom stereocenters. The summed E-state index contributed by atoms with van der Waals surface area (Å²) in [6.07, 6.45) is 1.82. The first-order valence-corrected chi connectivity index (χ1v) is 6.53. The van der Waals surface area contributed by atoms with Gasteiger partial charge in [-0.15, -0.1) is 22.9 Å². The second-order valence-electron chi connectivity index (χ2n) is 3.21. The van der Waals surface area contributed by atoms with Crippen molar-refractivity contribution in [2.75, 3.05) is 12.4 Å². The van der Waals surface area contributed by atoms with Crippen molar-refractivity contribution in [2.24, 2.45) is 0 Å². The monoisotopic (exact) mass is 265 g/mol. The standard InChI is InChI=1S/C10H13Cl2NOS/c1-7-6-15-9(8(7)12)10(14)13-5-3-2-4-11/h6H,2-5H2,1H3,(H,13,14). The highest BCUT2D eigenvalue weighted by Crippen LogP contribution is 2.26. The quantitative estimate of drug-likeness (QED) is 0.641. The lowest BCUT2D eigenvalue weighted by molar-refractivity contribution is 0.0957. The van der Waals surface area contributed by atoms with Crippen LogP contribution < -0.4 is 5.32 Å². The normalized spacial score (nSPS) is 10.3. The van der Waals surface area contributed by atoms with Gasteiger partial charge >= 0.3 is 0 Å². The van der Waals surface area contributed by atoms with Crippen molar-refractivity contribution in [3.05, 3.63) is 20.8 Å². The Morgan fingerprint density at radius 2 is 2.27 bits per heavy atom. The molecular weight excluding hydrogens is 253 g/mol. The number of hydrogen-bond donors (Lipinski definition) is 1. The number of carbonyl (C=O) groups is 1. The van der Waals surface area contributed by atoms with Gasteiger partial charge in [-0.2, -0.15) is 0 Å². The molecule has 0 unspecified atom stereocenters. The second kappa shape index (κ2) is 6.36. The van der Waals surface area contributed by atoms with Crippen LogP contribution in [0.4, 0.5) is 0 Å². The smallest absolute Gasteiger partial charge is 0.262 e. The Morgan fingerprint density at radius 3 is 2.80 bits per heavy atom. The molecule has 0 saturated heterocycles. The maximum atomic E-state index is 11.6. The first-order valence-electron chi connectivity index (χ1n) is 4.74. The fraction of sp³-hybridized carbons (Fsp3) is 0.500. The van der Waals surface area contributed by atoms with Crippen molar-refractivity contribution in [3.63, 3.8) is 0 Å². The van der Waals surface area contributed by atoms with Crippen molar-refractivity contribution >= 4 is 40.4 Å². The van der Waals surface area contributed by atoms with Gasteiger partial charge < -0.3 is 5.32 Å². The molecule has 1 aromatic rings. The predicted molar refractivity (Wildman–Crippen MR) is 66.4 cm³/mol. The van der Waals surface area contributed by atoms with Crippen molar-refractivity contribution in [3.8, 4) is 0 Å². The molecule has 1 heterocycles. The summed E-state index contributed by atoms with van der Waals surface area (Å²) in [4.78, 5) is 12.2. The summed E-state index contributed by atoms with van der Waals surface area (Å²) < 4.78 is 0. The highest BCUT2D eigenvalue weighted by molar-refractivity contribution is 7.13. The Labute approximate surface area is 104 Å². The van der Waals surface area contributed by atoms with Crippen LogP contribution in [0, 0.1) is 6.92 Å². The van der Waals surface area contributed by atoms with Crippen LogP contribution in [0.2, 0.25) is 5.02 Å². The molecule has 15 heavy (non-hydrogen) atoms. The zero-order valence-electron chi connectivity index (χ0n) is 8.48. The molecule has 0 aliphatic carbocycles. The number of unbranched alkanes of at least 4 members (excludes halogenated alkanes) is 1. The highest BCUT2D eigenvalue weighted by atomic mass is 35.5. The van der Waals surface area contributed by atoms with Crippen LogP contribution in [0.15, 0.2) is 5.38 Å². The van der Waals surface area contributed by atoms with E-state index in [9.17, 15) is 4.79 Å². The molecule has 0 radical (unpaired) electrons. The van der Waals surface area contributed by atoms with Gasteiger partial charge in [0.2, 0.25) is 0 Å². The maximum absolute atomic E-state index is 11.6. The fourth-order valence-corrected chi connectivity index (χ4v) is 2.47. The topological polar surface area (TPSA) is 29.1 Å². The molecule has 2 nitrogen and oxygen atoms in total. The first kappa shape index (κ1) is 12.8. The van der Waals surface area contributed by atoms with Crippen LogP contribution in [-0.4, -0.2) is 18.3 Å². The van der Waals surface area contributed by atoms with Crippen molar-refractivity contribution in [1.29, 1.82) is 0 Å². The van der Waals surface area contributed by atoms with Gasteiger partial charge in [-0.1, -0.05) is 11.6 Å². The molecule has 0 spiro atoms. The van der Waals surface area contributed by atoms with Crippen LogP contribution in [0.1, 0.15) is 28.1 Å². The van der Waals surface area contributed by atoms with Crippen molar-refractivity contribution < 1.29 is 4.79 Å². The molecule has 0 aliphatic rings. The molecule has 1 N–H and O–H groups in total. The van der Waals surface area contributed by atoms with E-state index < -0.39 is 0 Å². The average Bonchev–Trinajstić information content (AvgIpc) is 2.55. The van der Waals surface area contributed by atoms with Gasteiger partial charge in [0.15, 0.2) is 0 Å². The van der Waals surface area contributed by atoms with Gasteiger partial charge in [0, 0.05) is 12.4 Å². The Bertz CT molecular complexity index is 338. The summed E-state index contributed by atoms with van der Waals surface area (Å²) in [6.45, 7) is 2.54. The first-order chi connectivity index (χ1) is 7.16. The number of rotatable bonds is 5. The van der Waals surface area contributed by atoms with Crippen molar-refractivity contribution in [1.82, 2.24) is 5.32 Å². The average molecular weight is 266 g/mol. The van der Waals surface area contributed by atoms with E-state index in [1.165, 1.54) is 11.3 Å². The lowest BCUT2D eigenvalue weighted by Crippen LogP contribution is -2.23. The van der Waals surface area contributed by atoms with Gasteiger partial charge in [-0.25, -0.2) is 0 Å². The van der Waals surface area contributed by atoms with E-state index in [0.717, 1.165) is 18.4 Å². The third kappa shape index (κ3) is 3.67. The SMILES string of the molecule is Cc1csc(C(=O)NCCCCCl)c1Cl. The van der Waals surface area contributed by atoms with E-state index in [2.05, 4.69) is 5.32 Å². The van der Waals surface area contributed by atoms with Gasteiger partial charge in [0.05, 0.1) is 5.02 Å². The number of thiophene rings is 1. The number of hydrogen-bond acceptors (Lipinski definition) is 2. The number of carbonyl (C=O) groups excluding carboxylic acids is 1. The Kier molecular flexibility index (Phi) is 5.43. The number of halogens is 2. The minimum absolute atomic E-state index is 0.0901. The summed E-state index contributed by atoms with van der Waals surface area (Å²) in [7, 11) is 0. The molecule has 0 saturated carbocycles. The molecule has 5 heteroatoms. The zero-order valence-corrected chi connectivity index (χ0v) is 10.8. The summed E-state index contributed by atoms with van der Waals surface area (Å²) in [5.74, 6) is 0.544. The molecule has 0 bridgehead atoms. The largest absolute Gasteiger partial charge is 0.351 e. The Balaban J connectivity index is 2.44. The summed E-state index contributed by atoms with van der Waals surface area (Å²) >= 11 is 12.9. The minimum atomic E-state index is -0.0901. The molecule has 0 aromatic carbocycles. The van der Waals surface area contributed by atoms with Gasteiger partial charge in [-0.3, -0.25) is 4.79 Å². The number of nitrogens with one attached hydrogen (secondary N) is 1. The summed E-state index contributed by atoms with van der Waals surface area (Å²) in [6, 6.07) is 0. The van der Waals surface area contributed by atoms with Crippen LogP contribution in [-0.2, 0) is 0 Å². The number of alkyl halides is 1. The van der Waals surface area contributed by atoms with Crippen LogP contribution in [0.3, 0.4) is 0 Å². The van der Waals surface area contributed by atoms with Crippen LogP contribution in [0.5, 0.6) is 0 Å². The summed E-state index contributed by atoms with van der Waals surface area (Å²) in [5, 5.41) is 5.27. The number of amides is 1. The van der Waals surface area contributed by atoms with Crippen molar-refractivity contribution in [2.45, 2.75) is 19.8 Å². The minimum Gasteiger partial charge on any atom is -0.351 e. The van der Waals surface area contributed by atoms with E-state index in [1.807, 2.05) is 12.3 Å². The third-order valence-electron chi connectivity index (χ3n) is 1.95. The third-order valence-corrected chi connectivity index (χ3v) is 3.91. The molecule has 0 aliphatic heterocycles. The lowest BCUT2D eigenvalue weighted by atomic mass is 10.3. The van der Waals surface area contributed by atoms with E-state index in [4.69, 9.17) is 23.2 Å². The summed E-state index contributed by atoms with van der Waals surface area (Å²) in [5.41, 5.74) is 0.951. The molecule has 1 amide bonds. The lowest BCUT2D eigenvalue weighted by Gasteiger charge is -2.02. The van der Waals surface area contributed by atoms with Gasteiger partial charge in [0.1, 0.15) is 4.88 Å². The Hall–Kier alpha value is -0.250. The molecule has 0 fully saturated rings. The van der Waals surface area contributed by atoms with E-state index in [-0.39, 0.29) is 5.91 Å². The van der Waals surface area contributed by atoms with E-state index in [1.54, 1.807) is 0 Å². The van der Waals surface area contributed by atoms with E-state index in [0.29, 0.717) is 22.3 Å². The van der Waals surface area contributed by atoms with Crippen LogP contribution >= 0.6 is 34.5 Å². The molecular formula is C10H13Cl2NOS. The predicted octanol–water partition coefficient (Wildman–Crippen LogP) is 3.46. The maximum Gasteiger partial charge on any atom is 0.262 e. The molecule has 1 rings (SSSR count). The fourth-order valence-electron chi connectivity index (χ4n) is 1.08. The van der Waals surface area contributed by atoms with E-state index >= 15 is 0 Å². The van der Waals surface area contributed by atoms with Crippen LogP contribution in [0.25, 0.3) is 0 Å². The second-order valence-corrected chi connectivity index (χ2v) is 4.85. The molecule has 84 valence electrons. The highest BCUT2D eigenvalue weighted by Gasteiger charge is 2.13. The zero-order chi connectivity index (χ0) is 11.3. The Morgan fingerprint density at radius 1 is 1.53 bits per heavy atom. The van der Waals surface area contributed by atoms with Gasteiger partial charge in [-0.05, 0) is 30.7 Å². The number of aryl methyl sites for hydroxylation is 1. The van der Waals surface area contributed by atoms with Gasteiger partial charge in [0.25, 0.3) is 5.91 Å².